The minimum Gasteiger partial charge on any atom is -0.454 e. The third kappa shape index (κ3) is 4.20. The zero-order valence-corrected chi connectivity index (χ0v) is 11.6. The van der Waals surface area contributed by atoms with Gasteiger partial charge in [-0.1, -0.05) is 24.3 Å². The summed E-state index contributed by atoms with van der Waals surface area (Å²) in [6.45, 7) is -0.00653. The molecule has 1 atom stereocenters. The molecule has 2 rings (SSSR count). The number of para-hydroxylation sites is 1. The van der Waals surface area contributed by atoms with Crippen LogP contribution >= 0.6 is 12.4 Å². The van der Waals surface area contributed by atoms with Gasteiger partial charge in [-0.15, -0.1) is 12.4 Å². The fourth-order valence-corrected chi connectivity index (χ4v) is 1.75. The molecule has 1 unspecified atom stereocenters. The van der Waals surface area contributed by atoms with Crippen LogP contribution in [0.1, 0.15) is 18.0 Å². The van der Waals surface area contributed by atoms with Crippen LogP contribution in [0.15, 0.2) is 48.5 Å². The largest absolute Gasteiger partial charge is 0.454 e. The van der Waals surface area contributed by atoms with Gasteiger partial charge < -0.3 is 15.6 Å². The molecule has 0 aliphatic rings. The lowest BCUT2D eigenvalue weighted by Gasteiger charge is -2.13. The molecular weight excluding hydrogens is 281 g/mol. The maximum Gasteiger partial charge on any atom is 0.165 e. The van der Waals surface area contributed by atoms with Crippen molar-refractivity contribution in [3.63, 3.8) is 0 Å². The van der Waals surface area contributed by atoms with Gasteiger partial charge in [-0.3, -0.25) is 0 Å². The van der Waals surface area contributed by atoms with E-state index in [1.165, 1.54) is 6.07 Å². The number of aliphatic hydroxyl groups excluding tert-OH is 1. The maximum atomic E-state index is 13.7. The second kappa shape index (κ2) is 7.85. The first kappa shape index (κ1) is 16.4. The van der Waals surface area contributed by atoms with E-state index in [0.717, 1.165) is 5.56 Å². The average Bonchev–Trinajstić information content (AvgIpc) is 2.42. The molecular formula is C15H17ClFNO2. The number of halogens is 2. The first-order valence-corrected chi connectivity index (χ1v) is 6.09. The Hall–Kier alpha value is -1.62. The van der Waals surface area contributed by atoms with Crippen LogP contribution in [0.2, 0.25) is 0 Å². The molecule has 0 amide bonds. The monoisotopic (exact) mass is 297 g/mol. The lowest BCUT2D eigenvalue weighted by atomic mass is 10.0. The number of ether oxygens (including phenoxy) is 1. The molecule has 0 aliphatic carbocycles. The molecule has 3 nitrogen and oxygen atoms in total. The Balaban J connectivity index is 0.00000200. The lowest BCUT2D eigenvalue weighted by Crippen LogP contribution is -2.12. The summed E-state index contributed by atoms with van der Waals surface area (Å²) in [5, 5.41) is 8.87. The molecule has 0 aliphatic heterocycles. The molecule has 3 N–H and O–H groups in total. The summed E-state index contributed by atoms with van der Waals surface area (Å²) in [6, 6.07) is 13.2. The third-order valence-electron chi connectivity index (χ3n) is 2.79. The molecule has 5 heteroatoms. The quantitative estimate of drug-likeness (QED) is 0.889. The van der Waals surface area contributed by atoms with E-state index in [0.29, 0.717) is 12.2 Å². The predicted octanol–water partition coefficient (Wildman–Crippen LogP) is 3.42. The summed E-state index contributed by atoms with van der Waals surface area (Å²) < 4.78 is 19.2. The molecule has 0 spiro atoms. The van der Waals surface area contributed by atoms with Gasteiger partial charge in [0.25, 0.3) is 0 Å². The molecule has 0 fully saturated rings. The Morgan fingerprint density at radius 1 is 1.15 bits per heavy atom. The van der Waals surface area contributed by atoms with Crippen molar-refractivity contribution in [1.82, 2.24) is 0 Å². The fourth-order valence-electron chi connectivity index (χ4n) is 1.75. The van der Waals surface area contributed by atoms with E-state index in [2.05, 4.69) is 0 Å². The van der Waals surface area contributed by atoms with Crippen LogP contribution in [0.3, 0.4) is 0 Å². The molecule has 0 bridgehead atoms. The van der Waals surface area contributed by atoms with Crippen molar-refractivity contribution in [3.05, 3.63) is 59.9 Å². The number of rotatable bonds is 5. The number of hydrogen-bond acceptors (Lipinski definition) is 3. The summed E-state index contributed by atoms with van der Waals surface area (Å²) in [4.78, 5) is 0. The normalized spacial score (nSPS) is 11.6. The van der Waals surface area contributed by atoms with Crippen molar-refractivity contribution < 1.29 is 14.2 Å². The van der Waals surface area contributed by atoms with Gasteiger partial charge in [0.15, 0.2) is 11.6 Å². The molecule has 0 radical (unpaired) electrons. The standard InChI is InChI=1S/C15H16FNO2.ClH/c16-13-7-6-11(14(17)8-9-18)10-15(13)19-12-4-2-1-3-5-12;/h1-7,10,14,18H,8-9,17H2;1H. The van der Waals surface area contributed by atoms with Crippen LogP contribution in [0.25, 0.3) is 0 Å². The van der Waals surface area contributed by atoms with E-state index in [4.69, 9.17) is 15.6 Å². The molecule has 0 saturated heterocycles. The number of hydrogen-bond donors (Lipinski definition) is 2. The minimum absolute atomic E-state index is 0. The zero-order valence-electron chi connectivity index (χ0n) is 10.8. The van der Waals surface area contributed by atoms with Crippen molar-refractivity contribution in [3.8, 4) is 11.5 Å². The summed E-state index contributed by atoms with van der Waals surface area (Å²) >= 11 is 0. The molecule has 108 valence electrons. The van der Waals surface area contributed by atoms with Crippen molar-refractivity contribution in [1.29, 1.82) is 0 Å². The van der Waals surface area contributed by atoms with Gasteiger partial charge in [0.2, 0.25) is 0 Å². The highest BCUT2D eigenvalue weighted by Crippen LogP contribution is 2.27. The van der Waals surface area contributed by atoms with Crippen molar-refractivity contribution in [2.45, 2.75) is 12.5 Å². The third-order valence-corrected chi connectivity index (χ3v) is 2.79. The number of aliphatic hydroxyl groups is 1. The second-order valence-corrected chi connectivity index (χ2v) is 4.22. The van der Waals surface area contributed by atoms with Gasteiger partial charge in [-0.2, -0.15) is 0 Å². The van der Waals surface area contributed by atoms with Crippen molar-refractivity contribution in [2.24, 2.45) is 5.73 Å². The second-order valence-electron chi connectivity index (χ2n) is 4.22. The fraction of sp³-hybridized carbons (Fsp3) is 0.200. The van der Waals surface area contributed by atoms with E-state index < -0.39 is 5.82 Å². The van der Waals surface area contributed by atoms with Gasteiger partial charge in [-0.05, 0) is 36.2 Å². The highest BCUT2D eigenvalue weighted by molar-refractivity contribution is 5.85. The van der Waals surface area contributed by atoms with Crippen LogP contribution in [-0.2, 0) is 0 Å². The van der Waals surface area contributed by atoms with Gasteiger partial charge in [-0.25, -0.2) is 4.39 Å². The van der Waals surface area contributed by atoms with E-state index in [-0.39, 0.29) is 30.8 Å². The first-order chi connectivity index (χ1) is 9.20. The molecule has 2 aromatic rings. The number of benzene rings is 2. The number of nitrogens with two attached hydrogens (primary N) is 1. The smallest absolute Gasteiger partial charge is 0.165 e. The minimum atomic E-state index is -0.441. The Labute approximate surface area is 123 Å². The summed E-state index contributed by atoms with van der Waals surface area (Å²) in [5.74, 6) is 0.259. The van der Waals surface area contributed by atoms with E-state index in [1.807, 2.05) is 18.2 Å². The Morgan fingerprint density at radius 2 is 1.85 bits per heavy atom. The summed E-state index contributed by atoms with van der Waals surface area (Å²) in [6.07, 6.45) is 0.427. The van der Waals surface area contributed by atoms with Gasteiger partial charge >= 0.3 is 0 Å². The summed E-state index contributed by atoms with van der Waals surface area (Å²) in [7, 11) is 0. The lowest BCUT2D eigenvalue weighted by molar-refractivity contribution is 0.276. The zero-order chi connectivity index (χ0) is 13.7. The molecule has 0 aromatic heterocycles. The average molecular weight is 298 g/mol. The molecule has 20 heavy (non-hydrogen) atoms. The highest BCUT2D eigenvalue weighted by Gasteiger charge is 2.11. The van der Waals surface area contributed by atoms with E-state index >= 15 is 0 Å². The van der Waals surface area contributed by atoms with Crippen LogP contribution in [-0.4, -0.2) is 11.7 Å². The topological polar surface area (TPSA) is 55.5 Å². The highest BCUT2D eigenvalue weighted by atomic mass is 35.5. The van der Waals surface area contributed by atoms with Crippen molar-refractivity contribution >= 4 is 12.4 Å². The van der Waals surface area contributed by atoms with Gasteiger partial charge in [0, 0.05) is 12.6 Å². The van der Waals surface area contributed by atoms with Crippen LogP contribution in [0.4, 0.5) is 4.39 Å². The van der Waals surface area contributed by atoms with E-state index in [9.17, 15) is 4.39 Å². The van der Waals surface area contributed by atoms with E-state index in [1.54, 1.807) is 24.3 Å². The van der Waals surface area contributed by atoms with Crippen molar-refractivity contribution in [2.75, 3.05) is 6.61 Å². The van der Waals surface area contributed by atoms with Gasteiger partial charge in [0.1, 0.15) is 5.75 Å². The van der Waals surface area contributed by atoms with Crippen LogP contribution < -0.4 is 10.5 Å². The SMILES string of the molecule is Cl.NC(CCO)c1ccc(F)c(Oc2ccccc2)c1. The Morgan fingerprint density at radius 3 is 2.50 bits per heavy atom. The molecule has 2 aromatic carbocycles. The summed E-state index contributed by atoms with van der Waals surface area (Å²) in [5.41, 5.74) is 6.62. The first-order valence-electron chi connectivity index (χ1n) is 6.09. The molecule has 0 saturated carbocycles. The molecule has 0 heterocycles. The van der Waals surface area contributed by atoms with Crippen LogP contribution in [0.5, 0.6) is 11.5 Å². The Kier molecular flexibility index (Phi) is 6.45. The van der Waals surface area contributed by atoms with Crippen LogP contribution in [0, 0.1) is 5.82 Å². The predicted molar refractivity (Wildman–Crippen MR) is 78.8 cm³/mol. The van der Waals surface area contributed by atoms with Gasteiger partial charge in [0.05, 0.1) is 0 Å². The maximum absolute atomic E-state index is 13.7. The Bertz CT molecular complexity index is 537.